The van der Waals surface area contributed by atoms with Crippen LogP contribution in [-0.4, -0.2) is 28.2 Å². The number of hydrogen-bond donors (Lipinski definition) is 1. The Morgan fingerprint density at radius 3 is 2.42 bits per heavy atom. The van der Waals surface area contributed by atoms with Crippen molar-refractivity contribution in [3.05, 3.63) is 64.4 Å². The number of ether oxygens (including phenoxy) is 1. The Morgan fingerprint density at radius 2 is 1.81 bits per heavy atom. The van der Waals surface area contributed by atoms with Gasteiger partial charge in [-0.1, -0.05) is 29.8 Å². The van der Waals surface area contributed by atoms with Crippen molar-refractivity contribution in [2.75, 3.05) is 19.8 Å². The molecule has 1 saturated heterocycles. The van der Waals surface area contributed by atoms with E-state index in [1.165, 1.54) is 24.3 Å². The van der Waals surface area contributed by atoms with Crippen molar-refractivity contribution in [1.82, 2.24) is 4.72 Å². The first-order valence-electron chi connectivity index (χ1n) is 8.42. The monoisotopic (exact) mass is 397 g/mol. The van der Waals surface area contributed by atoms with Gasteiger partial charge in [0, 0.05) is 30.2 Å². The van der Waals surface area contributed by atoms with Crippen LogP contribution in [0.25, 0.3) is 0 Å². The molecule has 0 spiro atoms. The zero-order valence-corrected chi connectivity index (χ0v) is 16.0. The summed E-state index contributed by atoms with van der Waals surface area (Å²) in [5.41, 5.74) is 1.30. The molecule has 0 amide bonds. The molecule has 1 aliphatic rings. The van der Waals surface area contributed by atoms with Crippen LogP contribution in [0.15, 0.2) is 47.4 Å². The smallest absolute Gasteiger partial charge is 0.240 e. The van der Waals surface area contributed by atoms with E-state index in [9.17, 15) is 12.8 Å². The highest BCUT2D eigenvalue weighted by atomic mass is 35.5. The average Bonchev–Trinajstić information content (AvgIpc) is 2.64. The van der Waals surface area contributed by atoms with Crippen molar-refractivity contribution in [3.63, 3.8) is 0 Å². The zero-order chi connectivity index (χ0) is 18.8. The van der Waals surface area contributed by atoms with Crippen LogP contribution in [0.2, 0.25) is 5.02 Å². The topological polar surface area (TPSA) is 55.4 Å². The predicted octanol–water partition coefficient (Wildman–Crippen LogP) is 3.81. The van der Waals surface area contributed by atoms with Gasteiger partial charge in [0.15, 0.2) is 0 Å². The van der Waals surface area contributed by atoms with E-state index in [0.717, 1.165) is 11.1 Å². The third-order valence-corrected chi connectivity index (χ3v) is 6.77. The normalized spacial score (nSPS) is 17.2. The lowest BCUT2D eigenvalue weighted by Gasteiger charge is -2.38. The molecule has 3 rings (SSSR count). The lowest BCUT2D eigenvalue weighted by molar-refractivity contribution is 0.0517. The third kappa shape index (κ3) is 4.09. The van der Waals surface area contributed by atoms with Gasteiger partial charge in [0.1, 0.15) is 5.82 Å². The number of benzene rings is 2. The third-order valence-electron chi connectivity index (χ3n) is 4.96. The van der Waals surface area contributed by atoms with Crippen molar-refractivity contribution >= 4 is 21.6 Å². The first-order valence-corrected chi connectivity index (χ1v) is 10.3. The Balaban J connectivity index is 1.85. The van der Waals surface area contributed by atoms with Crippen molar-refractivity contribution in [1.29, 1.82) is 0 Å². The number of halogens is 2. The van der Waals surface area contributed by atoms with Gasteiger partial charge in [-0.05, 0) is 55.2 Å². The molecule has 0 bridgehead atoms. The van der Waals surface area contributed by atoms with E-state index in [0.29, 0.717) is 31.1 Å². The van der Waals surface area contributed by atoms with Crippen LogP contribution >= 0.6 is 11.6 Å². The minimum absolute atomic E-state index is 0.134. The van der Waals surface area contributed by atoms with E-state index in [-0.39, 0.29) is 17.3 Å². The number of sulfonamides is 1. The number of hydrogen-bond acceptors (Lipinski definition) is 3. The van der Waals surface area contributed by atoms with E-state index in [2.05, 4.69) is 4.72 Å². The maximum atomic E-state index is 13.3. The zero-order valence-electron chi connectivity index (χ0n) is 14.5. The van der Waals surface area contributed by atoms with E-state index >= 15 is 0 Å². The second-order valence-electron chi connectivity index (χ2n) is 6.64. The minimum atomic E-state index is -3.70. The molecule has 4 nitrogen and oxygen atoms in total. The van der Waals surface area contributed by atoms with Gasteiger partial charge in [0.25, 0.3) is 0 Å². The fraction of sp³-hybridized carbons (Fsp3) is 0.368. The highest BCUT2D eigenvalue weighted by Gasteiger charge is 2.35. The van der Waals surface area contributed by atoms with Crippen molar-refractivity contribution < 1.29 is 17.5 Å². The first kappa shape index (κ1) is 19.3. The Hall–Kier alpha value is -1.47. The molecule has 0 aliphatic carbocycles. The van der Waals surface area contributed by atoms with Gasteiger partial charge in [-0.2, -0.15) is 0 Å². The van der Waals surface area contributed by atoms with Crippen LogP contribution in [0.4, 0.5) is 4.39 Å². The van der Waals surface area contributed by atoms with Gasteiger partial charge in [-0.15, -0.1) is 0 Å². The summed E-state index contributed by atoms with van der Waals surface area (Å²) < 4.78 is 46.9. The Labute approximate surface area is 158 Å². The summed E-state index contributed by atoms with van der Waals surface area (Å²) in [4.78, 5) is 0.134. The van der Waals surface area contributed by atoms with E-state index in [4.69, 9.17) is 16.3 Å². The molecule has 1 heterocycles. The van der Waals surface area contributed by atoms with Crippen molar-refractivity contribution in [3.8, 4) is 0 Å². The van der Waals surface area contributed by atoms with E-state index < -0.39 is 15.4 Å². The van der Waals surface area contributed by atoms with Crippen LogP contribution < -0.4 is 4.72 Å². The summed E-state index contributed by atoms with van der Waals surface area (Å²) in [7, 11) is -3.70. The van der Waals surface area contributed by atoms with Gasteiger partial charge in [-0.3, -0.25) is 0 Å². The van der Waals surface area contributed by atoms with Crippen LogP contribution in [0.1, 0.15) is 24.0 Å². The van der Waals surface area contributed by atoms with Gasteiger partial charge in [0.05, 0.1) is 4.90 Å². The number of nitrogens with one attached hydrogen (secondary N) is 1. The Kier molecular flexibility index (Phi) is 5.67. The van der Waals surface area contributed by atoms with Crippen LogP contribution in [0, 0.1) is 12.7 Å². The largest absolute Gasteiger partial charge is 0.381 e. The molecule has 0 atom stereocenters. The standard InChI is InChI=1S/C19H21ClFNO3S/c1-14-2-7-17(12-18(14)20)26(23,24)22-13-19(8-10-25-11-9-19)15-3-5-16(21)6-4-15/h2-7,12,22H,8-11,13H2,1H3. The molecule has 1 N–H and O–H groups in total. The lowest BCUT2D eigenvalue weighted by Crippen LogP contribution is -2.44. The van der Waals surface area contributed by atoms with Gasteiger partial charge < -0.3 is 4.74 Å². The molecule has 2 aromatic carbocycles. The second kappa shape index (κ2) is 7.64. The number of aryl methyl sites for hydroxylation is 1. The molecular weight excluding hydrogens is 377 g/mol. The molecule has 1 fully saturated rings. The highest BCUT2D eigenvalue weighted by Crippen LogP contribution is 2.35. The van der Waals surface area contributed by atoms with Crippen molar-refractivity contribution in [2.45, 2.75) is 30.1 Å². The number of rotatable bonds is 5. The lowest BCUT2D eigenvalue weighted by atomic mass is 9.74. The summed E-state index contributed by atoms with van der Waals surface area (Å²) in [6.07, 6.45) is 1.33. The summed E-state index contributed by atoms with van der Waals surface area (Å²) in [5, 5.41) is 0.409. The van der Waals surface area contributed by atoms with E-state index in [1.807, 2.05) is 6.92 Å². The van der Waals surface area contributed by atoms with Crippen LogP contribution in [-0.2, 0) is 20.2 Å². The Morgan fingerprint density at radius 1 is 1.15 bits per heavy atom. The molecule has 140 valence electrons. The molecule has 2 aromatic rings. The second-order valence-corrected chi connectivity index (χ2v) is 8.81. The minimum Gasteiger partial charge on any atom is -0.381 e. The summed E-state index contributed by atoms with van der Waals surface area (Å²) >= 11 is 6.06. The van der Waals surface area contributed by atoms with Crippen LogP contribution in [0.3, 0.4) is 0 Å². The fourth-order valence-corrected chi connectivity index (χ4v) is 4.59. The quantitative estimate of drug-likeness (QED) is 0.834. The summed E-state index contributed by atoms with van der Waals surface area (Å²) in [6, 6.07) is 10.9. The van der Waals surface area contributed by atoms with Crippen LogP contribution in [0.5, 0.6) is 0 Å². The fourth-order valence-electron chi connectivity index (χ4n) is 3.19. The average molecular weight is 398 g/mol. The molecule has 0 saturated carbocycles. The molecule has 0 unspecified atom stereocenters. The molecule has 26 heavy (non-hydrogen) atoms. The molecular formula is C19H21ClFNO3S. The molecule has 1 aliphatic heterocycles. The maximum absolute atomic E-state index is 13.3. The summed E-state index contributed by atoms with van der Waals surface area (Å²) in [5.74, 6) is -0.314. The van der Waals surface area contributed by atoms with Crippen molar-refractivity contribution in [2.24, 2.45) is 0 Å². The molecule has 0 aromatic heterocycles. The molecule has 7 heteroatoms. The predicted molar refractivity (Wildman–Crippen MR) is 99.5 cm³/mol. The highest BCUT2D eigenvalue weighted by molar-refractivity contribution is 7.89. The summed E-state index contributed by atoms with van der Waals surface area (Å²) in [6.45, 7) is 3.11. The Bertz CT molecular complexity index is 878. The van der Waals surface area contributed by atoms with Gasteiger partial charge in [-0.25, -0.2) is 17.5 Å². The molecule has 0 radical (unpaired) electrons. The first-order chi connectivity index (χ1) is 12.3. The van der Waals surface area contributed by atoms with Gasteiger partial charge in [0.2, 0.25) is 10.0 Å². The SMILES string of the molecule is Cc1ccc(S(=O)(=O)NCC2(c3ccc(F)cc3)CCOCC2)cc1Cl. The van der Waals surface area contributed by atoms with Gasteiger partial charge >= 0.3 is 0 Å². The van der Waals surface area contributed by atoms with E-state index in [1.54, 1.807) is 18.2 Å². The maximum Gasteiger partial charge on any atom is 0.240 e.